The fourth-order valence-electron chi connectivity index (χ4n) is 5.10. The average molecular weight is 496 g/mol. The Morgan fingerprint density at radius 1 is 0.946 bits per heavy atom. The second kappa shape index (κ2) is 10.5. The first kappa shape index (κ1) is 25.1. The van der Waals surface area contributed by atoms with Gasteiger partial charge in [-0.2, -0.15) is 0 Å². The van der Waals surface area contributed by atoms with Crippen LogP contribution in [0.1, 0.15) is 57.6 Å². The summed E-state index contributed by atoms with van der Waals surface area (Å²) >= 11 is 0. The Morgan fingerprint density at radius 2 is 1.68 bits per heavy atom. The van der Waals surface area contributed by atoms with Crippen LogP contribution >= 0.6 is 0 Å². The Bertz CT molecular complexity index is 1250. The number of piperidine rings is 1. The molecule has 0 atom stereocenters. The molecule has 4 heteroatoms. The topological polar surface area (TPSA) is 38.8 Å². The van der Waals surface area contributed by atoms with Crippen LogP contribution in [0.25, 0.3) is 17.2 Å². The number of nitrogens with zero attached hydrogens (tertiary/aromatic N) is 1. The van der Waals surface area contributed by atoms with Gasteiger partial charge in [0, 0.05) is 37.9 Å². The summed E-state index contributed by atoms with van der Waals surface area (Å²) in [7, 11) is 0. The fraction of sp³-hybridized carbons (Fsp3) is 0.364. The smallest absolute Gasteiger partial charge is 0.222 e. The van der Waals surface area contributed by atoms with Crippen LogP contribution < -0.4 is 9.47 Å². The van der Waals surface area contributed by atoms with E-state index in [0.29, 0.717) is 13.0 Å². The van der Waals surface area contributed by atoms with Gasteiger partial charge in [-0.3, -0.25) is 4.79 Å². The van der Waals surface area contributed by atoms with E-state index in [2.05, 4.69) is 87.5 Å². The lowest BCUT2D eigenvalue weighted by Crippen LogP contribution is -2.49. The van der Waals surface area contributed by atoms with Gasteiger partial charge in [0.25, 0.3) is 0 Å². The van der Waals surface area contributed by atoms with Gasteiger partial charge >= 0.3 is 0 Å². The number of benzene rings is 3. The molecule has 1 fully saturated rings. The third-order valence-electron chi connectivity index (χ3n) is 7.48. The molecule has 1 saturated heterocycles. The maximum Gasteiger partial charge on any atom is 0.222 e. The van der Waals surface area contributed by atoms with E-state index in [4.69, 9.17) is 9.47 Å². The molecule has 2 aliphatic heterocycles. The van der Waals surface area contributed by atoms with Gasteiger partial charge in [0.05, 0.1) is 6.61 Å². The van der Waals surface area contributed by atoms with Crippen molar-refractivity contribution in [2.45, 2.75) is 57.5 Å². The summed E-state index contributed by atoms with van der Waals surface area (Å²) in [6.45, 7) is 8.59. The minimum atomic E-state index is -0.319. The molecule has 0 N–H and O–H groups in total. The maximum absolute atomic E-state index is 12.8. The number of rotatable bonds is 6. The van der Waals surface area contributed by atoms with Crippen molar-refractivity contribution in [3.05, 3.63) is 90.0 Å². The molecule has 2 aliphatic rings. The Morgan fingerprint density at radius 3 is 2.38 bits per heavy atom. The molecular weight excluding hydrogens is 458 g/mol. The maximum atomic E-state index is 12.8. The molecule has 3 aromatic rings. The highest BCUT2D eigenvalue weighted by Gasteiger charge is 2.37. The number of carbonyl (C=O) groups excluding carboxylic acids is 1. The highest BCUT2D eigenvalue weighted by molar-refractivity contribution is 5.76. The molecule has 37 heavy (non-hydrogen) atoms. The van der Waals surface area contributed by atoms with Gasteiger partial charge in [-0.1, -0.05) is 75.4 Å². The molecule has 0 bridgehead atoms. The van der Waals surface area contributed by atoms with Crippen molar-refractivity contribution >= 4 is 12.0 Å². The minimum absolute atomic E-state index is 0.131. The van der Waals surface area contributed by atoms with Gasteiger partial charge in [0.15, 0.2) is 0 Å². The second-order valence-corrected chi connectivity index (χ2v) is 11.2. The van der Waals surface area contributed by atoms with Crippen molar-refractivity contribution in [2.75, 3.05) is 19.7 Å². The van der Waals surface area contributed by atoms with Crippen LogP contribution in [0.5, 0.6) is 11.5 Å². The lowest BCUT2D eigenvalue weighted by atomic mass is 9.87. The standard InChI is InChI=1S/C33H37NO3/c1-32(2,3)28-12-14-29(15-13-28)36-23-7-10-31(35)34-21-19-33(20-22-34)18-17-27-24-26(11-16-30(27)37-33)25-8-5-4-6-9-25/h4-6,8-9,11-18,24H,7,10,19-23H2,1-3H3. The number of fused-ring (bicyclic) bond motifs is 1. The van der Waals surface area contributed by atoms with Gasteiger partial charge in [-0.15, -0.1) is 0 Å². The predicted molar refractivity (Wildman–Crippen MR) is 150 cm³/mol. The molecular formula is C33H37NO3. The highest BCUT2D eigenvalue weighted by Crippen LogP contribution is 2.39. The second-order valence-electron chi connectivity index (χ2n) is 11.2. The quantitative estimate of drug-likeness (QED) is 0.337. The number of carbonyl (C=O) groups is 1. The van der Waals surface area contributed by atoms with Crippen molar-refractivity contribution < 1.29 is 14.3 Å². The molecule has 3 aromatic carbocycles. The number of ether oxygens (including phenoxy) is 2. The number of amides is 1. The fourth-order valence-corrected chi connectivity index (χ4v) is 5.10. The Labute approximate surface area is 220 Å². The van der Waals surface area contributed by atoms with Gasteiger partial charge in [0.2, 0.25) is 5.91 Å². The minimum Gasteiger partial charge on any atom is -0.494 e. The third kappa shape index (κ3) is 5.90. The van der Waals surface area contributed by atoms with Crippen LogP contribution in [-0.2, 0) is 10.2 Å². The van der Waals surface area contributed by atoms with E-state index >= 15 is 0 Å². The summed E-state index contributed by atoms with van der Waals surface area (Å²) in [4.78, 5) is 14.8. The summed E-state index contributed by atoms with van der Waals surface area (Å²) < 4.78 is 12.4. The molecule has 0 aliphatic carbocycles. The molecule has 0 unspecified atom stereocenters. The average Bonchev–Trinajstić information content (AvgIpc) is 2.91. The van der Waals surface area contributed by atoms with E-state index in [1.807, 2.05) is 23.1 Å². The van der Waals surface area contributed by atoms with Gasteiger partial charge < -0.3 is 14.4 Å². The van der Waals surface area contributed by atoms with E-state index in [-0.39, 0.29) is 16.9 Å². The van der Waals surface area contributed by atoms with Crippen LogP contribution in [0.3, 0.4) is 0 Å². The summed E-state index contributed by atoms with van der Waals surface area (Å²) in [5.74, 6) is 1.99. The van der Waals surface area contributed by atoms with E-state index in [1.54, 1.807) is 0 Å². The SMILES string of the molecule is CC(C)(C)c1ccc(OCCCC(=O)N2CCC3(C=Cc4cc(-c5ccccc5)ccc4O3)CC2)cc1. The molecule has 1 amide bonds. The zero-order chi connectivity index (χ0) is 25.9. The van der Waals surface area contributed by atoms with Crippen molar-refractivity contribution in [1.82, 2.24) is 4.90 Å². The number of likely N-dealkylation sites (tertiary alicyclic amines) is 1. The van der Waals surface area contributed by atoms with Gasteiger partial charge in [-0.05, 0) is 58.9 Å². The van der Waals surface area contributed by atoms with Crippen LogP contribution in [0, 0.1) is 0 Å². The first-order valence-corrected chi connectivity index (χ1v) is 13.4. The van der Waals surface area contributed by atoms with Crippen LogP contribution in [-0.4, -0.2) is 36.1 Å². The lowest BCUT2D eigenvalue weighted by Gasteiger charge is -2.42. The van der Waals surface area contributed by atoms with Crippen LogP contribution in [0.4, 0.5) is 0 Å². The van der Waals surface area contributed by atoms with Crippen LogP contribution in [0.15, 0.2) is 78.9 Å². The molecule has 1 spiro atoms. The summed E-state index contributed by atoms with van der Waals surface area (Å²) in [6, 6.07) is 25.1. The predicted octanol–water partition coefficient (Wildman–Crippen LogP) is 7.28. The Kier molecular flexibility index (Phi) is 7.10. The van der Waals surface area contributed by atoms with E-state index < -0.39 is 0 Å². The molecule has 192 valence electrons. The highest BCUT2D eigenvalue weighted by atomic mass is 16.5. The zero-order valence-corrected chi connectivity index (χ0v) is 22.2. The van der Waals surface area contributed by atoms with Gasteiger partial charge in [-0.25, -0.2) is 0 Å². The molecule has 0 aromatic heterocycles. The molecule has 2 heterocycles. The zero-order valence-electron chi connectivity index (χ0n) is 22.2. The monoisotopic (exact) mass is 495 g/mol. The molecule has 0 saturated carbocycles. The van der Waals surface area contributed by atoms with Crippen LogP contribution in [0.2, 0.25) is 0 Å². The van der Waals surface area contributed by atoms with E-state index in [0.717, 1.165) is 49.4 Å². The Hall–Kier alpha value is -3.53. The molecule has 4 nitrogen and oxygen atoms in total. The first-order valence-electron chi connectivity index (χ1n) is 13.4. The van der Waals surface area contributed by atoms with E-state index in [1.165, 1.54) is 16.7 Å². The number of hydrogen-bond acceptors (Lipinski definition) is 3. The van der Waals surface area contributed by atoms with Crippen molar-refractivity contribution in [2.24, 2.45) is 0 Å². The number of hydrogen-bond donors (Lipinski definition) is 0. The summed E-state index contributed by atoms with van der Waals surface area (Å²) in [6.07, 6.45) is 7.24. The van der Waals surface area contributed by atoms with Gasteiger partial charge in [0.1, 0.15) is 17.1 Å². The third-order valence-corrected chi connectivity index (χ3v) is 7.48. The van der Waals surface area contributed by atoms with Crippen molar-refractivity contribution in [1.29, 1.82) is 0 Å². The normalized spacial score (nSPS) is 16.2. The van der Waals surface area contributed by atoms with Crippen molar-refractivity contribution in [3.63, 3.8) is 0 Å². The summed E-state index contributed by atoms with van der Waals surface area (Å²) in [5, 5.41) is 0. The lowest BCUT2D eigenvalue weighted by molar-refractivity contribution is -0.134. The Balaban J connectivity index is 1.08. The van der Waals surface area contributed by atoms with Crippen molar-refractivity contribution in [3.8, 4) is 22.6 Å². The largest absolute Gasteiger partial charge is 0.494 e. The molecule has 5 rings (SSSR count). The summed E-state index contributed by atoms with van der Waals surface area (Å²) in [5.41, 5.74) is 4.60. The van der Waals surface area contributed by atoms with E-state index in [9.17, 15) is 4.79 Å². The molecule has 0 radical (unpaired) electrons. The first-order chi connectivity index (χ1) is 17.8.